The molecule has 0 radical (unpaired) electrons. The van der Waals surface area contributed by atoms with Gasteiger partial charge in [0, 0.05) is 42.1 Å². The van der Waals surface area contributed by atoms with Crippen LogP contribution in [0.15, 0.2) is 59.2 Å². The average Bonchev–Trinajstić information content (AvgIpc) is 3.21. The Balaban J connectivity index is 1.32. The molecule has 2 amide bonds. The van der Waals surface area contributed by atoms with Gasteiger partial charge in [0.2, 0.25) is 11.8 Å². The van der Waals surface area contributed by atoms with Gasteiger partial charge in [0.1, 0.15) is 6.26 Å². The maximum atomic E-state index is 12.0. The third kappa shape index (κ3) is 6.46. The van der Waals surface area contributed by atoms with Crippen molar-refractivity contribution in [3.05, 3.63) is 76.6 Å². The lowest BCUT2D eigenvalue weighted by Crippen LogP contribution is -2.28. The van der Waals surface area contributed by atoms with Crippen LogP contribution in [0.1, 0.15) is 34.5 Å². The molecule has 0 aliphatic rings. The summed E-state index contributed by atoms with van der Waals surface area (Å²) in [6, 6.07) is 14.6. The Labute approximate surface area is 180 Å². The van der Waals surface area contributed by atoms with Crippen LogP contribution in [0.3, 0.4) is 0 Å². The van der Waals surface area contributed by atoms with E-state index in [1.807, 2.05) is 31.2 Å². The molecule has 1 aromatic heterocycles. The number of aromatic nitrogens is 1. The Bertz CT molecular complexity index is 982. The van der Waals surface area contributed by atoms with Crippen LogP contribution in [-0.4, -0.2) is 29.9 Å². The van der Waals surface area contributed by atoms with Crippen molar-refractivity contribution in [2.75, 3.05) is 13.1 Å². The number of halogens is 1. The molecule has 0 saturated carbocycles. The second kappa shape index (κ2) is 10.6. The molecule has 6 nitrogen and oxygen atoms in total. The summed E-state index contributed by atoms with van der Waals surface area (Å²) in [5.41, 5.74) is 3.44. The summed E-state index contributed by atoms with van der Waals surface area (Å²) in [5.74, 6) is 0.341. The van der Waals surface area contributed by atoms with Gasteiger partial charge in [0.15, 0.2) is 0 Å². The molecule has 0 aliphatic heterocycles. The maximum Gasteiger partial charge on any atom is 0.251 e. The van der Waals surface area contributed by atoms with E-state index in [1.165, 1.54) is 5.56 Å². The average molecular weight is 426 g/mol. The SMILES string of the molecule is Cc1ccc(-c2nc(CCNC(=O)CCCNC(=O)c3ccc(Cl)cc3)co2)cc1. The number of amides is 2. The lowest BCUT2D eigenvalue weighted by molar-refractivity contribution is -0.121. The van der Waals surface area contributed by atoms with Gasteiger partial charge in [-0.25, -0.2) is 4.98 Å². The molecule has 2 aromatic carbocycles. The number of benzene rings is 2. The monoisotopic (exact) mass is 425 g/mol. The summed E-state index contributed by atoms with van der Waals surface area (Å²) >= 11 is 5.81. The van der Waals surface area contributed by atoms with E-state index in [-0.39, 0.29) is 11.8 Å². The second-order valence-electron chi connectivity index (χ2n) is 6.98. The molecule has 0 spiro atoms. The molecular formula is C23H24ClN3O3. The van der Waals surface area contributed by atoms with Crippen LogP contribution < -0.4 is 10.6 Å². The number of hydrogen-bond acceptors (Lipinski definition) is 4. The number of nitrogens with zero attached hydrogens (tertiary/aromatic N) is 1. The molecule has 2 N–H and O–H groups in total. The van der Waals surface area contributed by atoms with Crippen LogP contribution in [-0.2, 0) is 11.2 Å². The van der Waals surface area contributed by atoms with E-state index in [9.17, 15) is 9.59 Å². The third-order valence-corrected chi connectivity index (χ3v) is 4.78. The number of nitrogens with one attached hydrogen (secondary N) is 2. The smallest absolute Gasteiger partial charge is 0.251 e. The predicted octanol–water partition coefficient (Wildman–Crippen LogP) is 4.17. The molecule has 7 heteroatoms. The van der Waals surface area contributed by atoms with Gasteiger partial charge in [-0.2, -0.15) is 0 Å². The fraction of sp³-hybridized carbons (Fsp3) is 0.261. The summed E-state index contributed by atoms with van der Waals surface area (Å²) in [7, 11) is 0. The van der Waals surface area contributed by atoms with E-state index in [2.05, 4.69) is 15.6 Å². The topological polar surface area (TPSA) is 84.2 Å². The molecule has 3 aromatic rings. The van der Waals surface area contributed by atoms with Crippen molar-refractivity contribution in [1.82, 2.24) is 15.6 Å². The summed E-state index contributed by atoms with van der Waals surface area (Å²) in [4.78, 5) is 28.4. The lowest BCUT2D eigenvalue weighted by Gasteiger charge is -2.06. The Morgan fingerprint density at radius 2 is 1.73 bits per heavy atom. The van der Waals surface area contributed by atoms with Crippen molar-refractivity contribution in [2.24, 2.45) is 0 Å². The number of oxazole rings is 1. The summed E-state index contributed by atoms with van der Waals surface area (Å²) in [5, 5.41) is 6.24. The summed E-state index contributed by atoms with van der Waals surface area (Å²) < 4.78 is 5.52. The molecule has 0 unspecified atom stereocenters. The van der Waals surface area contributed by atoms with Crippen molar-refractivity contribution < 1.29 is 14.0 Å². The van der Waals surface area contributed by atoms with Crippen LogP contribution in [0, 0.1) is 6.92 Å². The van der Waals surface area contributed by atoms with Crippen molar-refractivity contribution in [3.63, 3.8) is 0 Å². The highest BCUT2D eigenvalue weighted by atomic mass is 35.5. The highest BCUT2D eigenvalue weighted by Crippen LogP contribution is 2.19. The van der Waals surface area contributed by atoms with Crippen LogP contribution in [0.5, 0.6) is 0 Å². The number of rotatable bonds is 9. The van der Waals surface area contributed by atoms with Crippen molar-refractivity contribution in [3.8, 4) is 11.5 Å². The zero-order valence-corrected chi connectivity index (χ0v) is 17.5. The normalized spacial score (nSPS) is 10.6. The zero-order valence-electron chi connectivity index (χ0n) is 16.8. The molecule has 0 aliphatic carbocycles. The first-order chi connectivity index (χ1) is 14.5. The highest BCUT2D eigenvalue weighted by Gasteiger charge is 2.08. The fourth-order valence-electron chi connectivity index (χ4n) is 2.82. The third-order valence-electron chi connectivity index (χ3n) is 4.53. The van der Waals surface area contributed by atoms with Gasteiger partial charge < -0.3 is 15.1 Å². The van der Waals surface area contributed by atoms with Gasteiger partial charge >= 0.3 is 0 Å². The van der Waals surface area contributed by atoms with E-state index in [0.29, 0.717) is 48.8 Å². The number of carbonyl (C=O) groups is 2. The van der Waals surface area contributed by atoms with Gasteiger partial charge in [0.05, 0.1) is 5.69 Å². The van der Waals surface area contributed by atoms with Gasteiger partial charge in [0.25, 0.3) is 5.91 Å². The Hall–Kier alpha value is -3.12. The van der Waals surface area contributed by atoms with Gasteiger partial charge in [-0.15, -0.1) is 0 Å². The molecule has 0 fully saturated rings. The maximum absolute atomic E-state index is 12.0. The van der Waals surface area contributed by atoms with Crippen LogP contribution >= 0.6 is 11.6 Å². The Morgan fingerprint density at radius 3 is 2.47 bits per heavy atom. The minimum atomic E-state index is -0.178. The van der Waals surface area contributed by atoms with Crippen LogP contribution in [0.25, 0.3) is 11.5 Å². The molecule has 30 heavy (non-hydrogen) atoms. The number of carbonyl (C=O) groups excluding carboxylic acids is 2. The minimum absolute atomic E-state index is 0.0574. The van der Waals surface area contributed by atoms with E-state index < -0.39 is 0 Å². The van der Waals surface area contributed by atoms with Crippen LogP contribution in [0.2, 0.25) is 5.02 Å². The van der Waals surface area contributed by atoms with Gasteiger partial charge in [-0.1, -0.05) is 29.3 Å². The van der Waals surface area contributed by atoms with Gasteiger partial charge in [-0.05, 0) is 49.7 Å². The zero-order chi connectivity index (χ0) is 21.3. The first kappa shape index (κ1) is 21.6. The van der Waals surface area contributed by atoms with Gasteiger partial charge in [-0.3, -0.25) is 9.59 Å². The molecular weight excluding hydrogens is 402 g/mol. The van der Waals surface area contributed by atoms with Crippen molar-refractivity contribution >= 4 is 23.4 Å². The van der Waals surface area contributed by atoms with Crippen molar-refractivity contribution in [1.29, 1.82) is 0 Å². The van der Waals surface area contributed by atoms with E-state index in [0.717, 1.165) is 11.3 Å². The summed E-state index contributed by atoms with van der Waals surface area (Å²) in [6.07, 6.45) is 3.11. The molecule has 3 rings (SSSR count). The quantitative estimate of drug-likeness (QED) is 0.504. The van der Waals surface area contributed by atoms with Crippen molar-refractivity contribution in [2.45, 2.75) is 26.2 Å². The highest BCUT2D eigenvalue weighted by molar-refractivity contribution is 6.30. The Morgan fingerprint density at radius 1 is 1.00 bits per heavy atom. The first-order valence-electron chi connectivity index (χ1n) is 9.83. The van der Waals surface area contributed by atoms with E-state index >= 15 is 0 Å². The molecule has 1 heterocycles. The molecule has 0 bridgehead atoms. The fourth-order valence-corrected chi connectivity index (χ4v) is 2.95. The van der Waals surface area contributed by atoms with Crippen LogP contribution in [0.4, 0.5) is 0 Å². The standard InChI is InChI=1S/C23H24ClN3O3/c1-16-4-6-18(7-5-16)23-27-20(15-30-23)12-14-25-21(28)3-2-13-26-22(29)17-8-10-19(24)11-9-17/h4-11,15H,2-3,12-14H2,1H3,(H,25,28)(H,26,29). The second-order valence-corrected chi connectivity index (χ2v) is 7.41. The largest absolute Gasteiger partial charge is 0.444 e. The minimum Gasteiger partial charge on any atom is -0.444 e. The first-order valence-corrected chi connectivity index (χ1v) is 10.2. The molecule has 0 saturated heterocycles. The predicted molar refractivity (Wildman–Crippen MR) is 116 cm³/mol. The Kier molecular flexibility index (Phi) is 7.63. The summed E-state index contributed by atoms with van der Waals surface area (Å²) in [6.45, 7) is 2.94. The molecule has 0 atom stereocenters. The van der Waals surface area contributed by atoms with E-state index in [4.69, 9.17) is 16.0 Å². The van der Waals surface area contributed by atoms with E-state index in [1.54, 1.807) is 30.5 Å². The molecule has 156 valence electrons. The lowest BCUT2D eigenvalue weighted by atomic mass is 10.1. The number of hydrogen-bond donors (Lipinski definition) is 2. The number of aryl methyl sites for hydroxylation is 1.